The molecule has 0 aliphatic heterocycles. The van der Waals surface area contributed by atoms with Crippen molar-refractivity contribution in [3.8, 4) is 11.3 Å². The molecule has 3 saturated carbocycles. The normalized spacial score (nSPS) is 23.8. The number of hydrogen-bond donors (Lipinski definition) is 1. The molecule has 0 amide bonds. The molecule has 0 saturated heterocycles. The summed E-state index contributed by atoms with van der Waals surface area (Å²) in [6.45, 7) is -0.208. The molecule has 2 heterocycles. The molecule has 0 atom stereocenters. The van der Waals surface area contributed by atoms with Gasteiger partial charge >= 0.3 is 5.97 Å². The number of nitrogens with one attached hydrogen (secondary N) is 1. The van der Waals surface area contributed by atoms with Gasteiger partial charge in [-0.3, -0.25) is 9.59 Å². The molecule has 2 aromatic heterocycles. The highest BCUT2D eigenvalue weighted by Crippen LogP contribution is 2.58. The number of nitrogens with zero attached hydrogens (tertiary/aromatic N) is 3. The van der Waals surface area contributed by atoms with Crippen LogP contribution in [0.3, 0.4) is 0 Å². The molecule has 24 heavy (non-hydrogen) atoms. The first kappa shape index (κ1) is 14.9. The van der Waals surface area contributed by atoms with Gasteiger partial charge in [0.2, 0.25) is 0 Å². The monoisotopic (exact) mass is 326 g/mol. The van der Waals surface area contributed by atoms with E-state index in [9.17, 15) is 9.59 Å². The Morgan fingerprint density at radius 3 is 2.71 bits per heavy atom. The van der Waals surface area contributed by atoms with Crippen LogP contribution in [0.15, 0.2) is 35.3 Å². The van der Waals surface area contributed by atoms with E-state index in [2.05, 4.69) is 20.1 Å². The summed E-state index contributed by atoms with van der Waals surface area (Å²) in [6, 6.07) is 6.85. The second kappa shape index (κ2) is 5.43. The van der Waals surface area contributed by atoms with Gasteiger partial charge in [-0.2, -0.15) is 5.10 Å². The van der Waals surface area contributed by atoms with Crippen LogP contribution in [-0.2, 0) is 16.1 Å². The lowest BCUT2D eigenvalue weighted by Crippen LogP contribution is -2.63. The van der Waals surface area contributed by atoms with Gasteiger partial charge in [0.25, 0.3) is 5.56 Å². The summed E-state index contributed by atoms with van der Waals surface area (Å²) < 4.78 is 5.67. The van der Waals surface area contributed by atoms with Gasteiger partial charge in [0.15, 0.2) is 0 Å². The maximum atomic E-state index is 11.8. The number of aromatic nitrogens is 3. The number of pyridine rings is 1. The number of ether oxygens (including phenoxy) is 1. The number of methoxy groups -OCH3 is 1. The Hall–Kier alpha value is -2.70. The van der Waals surface area contributed by atoms with Crippen LogP contribution in [0.4, 0.5) is 5.82 Å². The average molecular weight is 326 g/mol. The minimum atomic E-state index is -0.516. The third-order valence-electron chi connectivity index (χ3n) is 4.86. The van der Waals surface area contributed by atoms with Gasteiger partial charge in [-0.15, -0.1) is 0 Å². The van der Waals surface area contributed by atoms with Crippen LogP contribution in [-0.4, -0.2) is 33.4 Å². The maximum Gasteiger partial charge on any atom is 0.327 e. The fraction of sp³-hybridized carbons (Fsp3) is 0.412. The predicted octanol–water partition coefficient (Wildman–Crippen LogP) is 1.44. The van der Waals surface area contributed by atoms with Gasteiger partial charge < -0.3 is 10.1 Å². The molecule has 3 aliphatic rings. The Kier molecular flexibility index (Phi) is 3.37. The van der Waals surface area contributed by atoms with Gasteiger partial charge in [0.1, 0.15) is 12.4 Å². The molecule has 2 bridgehead atoms. The molecular formula is C17H18N4O3. The van der Waals surface area contributed by atoms with E-state index in [-0.39, 0.29) is 17.6 Å². The van der Waals surface area contributed by atoms with Crippen molar-refractivity contribution in [1.29, 1.82) is 0 Å². The number of hydrogen-bond acceptors (Lipinski definition) is 6. The number of carbonyl (C=O) groups excluding carboxylic acids is 1. The van der Waals surface area contributed by atoms with Crippen LogP contribution in [0, 0.1) is 5.92 Å². The van der Waals surface area contributed by atoms with Crippen molar-refractivity contribution in [2.75, 3.05) is 12.4 Å². The Bertz CT molecular complexity index is 827. The van der Waals surface area contributed by atoms with Crippen LogP contribution >= 0.6 is 0 Å². The van der Waals surface area contributed by atoms with Crippen LogP contribution in [0.1, 0.15) is 19.3 Å². The zero-order valence-corrected chi connectivity index (χ0v) is 13.4. The minimum absolute atomic E-state index is 0.208. The number of rotatable bonds is 5. The zero-order chi connectivity index (χ0) is 16.7. The summed E-state index contributed by atoms with van der Waals surface area (Å²) in [6.07, 6.45) is 5.46. The lowest BCUT2D eigenvalue weighted by Gasteiger charge is -2.62. The molecule has 5 rings (SSSR count). The molecule has 124 valence electrons. The van der Waals surface area contributed by atoms with Crippen molar-refractivity contribution in [2.45, 2.75) is 31.3 Å². The lowest BCUT2D eigenvalue weighted by molar-refractivity contribution is -0.141. The van der Waals surface area contributed by atoms with E-state index < -0.39 is 5.97 Å². The summed E-state index contributed by atoms with van der Waals surface area (Å²) in [5, 5.41) is 7.72. The second-order valence-corrected chi connectivity index (χ2v) is 6.61. The summed E-state index contributed by atoms with van der Waals surface area (Å²) >= 11 is 0. The van der Waals surface area contributed by atoms with E-state index in [4.69, 9.17) is 0 Å². The van der Waals surface area contributed by atoms with E-state index in [0.717, 1.165) is 22.0 Å². The molecule has 0 unspecified atom stereocenters. The van der Waals surface area contributed by atoms with E-state index in [0.29, 0.717) is 5.69 Å². The molecule has 0 spiro atoms. The number of carbonyl (C=O) groups is 1. The topological polar surface area (TPSA) is 86.1 Å². The first-order chi connectivity index (χ1) is 11.6. The second-order valence-electron chi connectivity index (χ2n) is 6.61. The van der Waals surface area contributed by atoms with Crippen LogP contribution in [0.2, 0.25) is 0 Å². The molecule has 2 aromatic rings. The Morgan fingerprint density at radius 1 is 1.33 bits per heavy atom. The first-order valence-electron chi connectivity index (χ1n) is 7.96. The Labute approximate surface area is 138 Å². The largest absolute Gasteiger partial charge is 0.468 e. The standard InChI is InChI=1S/C17H18N4O3/c1-24-16(23)10-21-15(22)5-3-13(20-21)12-2-4-14(18-9-12)19-17-6-11(7-17)8-17/h2-5,9,11H,6-8,10H2,1H3,(H,18,19). The third-order valence-corrected chi connectivity index (χ3v) is 4.86. The number of esters is 1. The summed E-state index contributed by atoms with van der Waals surface area (Å²) in [7, 11) is 1.28. The van der Waals surface area contributed by atoms with E-state index >= 15 is 0 Å². The highest BCUT2D eigenvalue weighted by molar-refractivity contribution is 5.69. The predicted molar refractivity (Wildman–Crippen MR) is 87.4 cm³/mol. The van der Waals surface area contributed by atoms with Crippen molar-refractivity contribution < 1.29 is 9.53 Å². The summed E-state index contributed by atoms with van der Waals surface area (Å²) in [5.41, 5.74) is 1.31. The van der Waals surface area contributed by atoms with Crippen molar-refractivity contribution in [3.05, 3.63) is 40.8 Å². The van der Waals surface area contributed by atoms with Crippen LogP contribution in [0.25, 0.3) is 11.3 Å². The average Bonchev–Trinajstić information content (AvgIpc) is 2.52. The van der Waals surface area contributed by atoms with Gasteiger partial charge in [-0.25, -0.2) is 9.67 Å². The van der Waals surface area contributed by atoms with Crippen molar-refractivity contribution in [2.24, 2.45) is 5.92 Å². The van der Waals surface area contributed by atoms with Crippen molar-refractivity contribution >= 4 is 11.8 Å². The van der Waals surface area contributed by atoms with Gasteiger partial charge in [-0.1, -0.05) is 0 Å². The summed E-state index contributed by atoms with van der Waals surface area (Å²) in [4.78, 5) is 27.6. The molecule has 1 N–H and O–H groups in total. The van der Waals surface area contributed by atoms with Gasteiger partial charge in [0, 0.05) is 23.4 Å². The van der Waals surface area contributed by atoms with Crippen molar-refractivity contribution in [1.82, 2.24) is 14.8 Å². The third kappa shape index (κ3) is 2.55. The smallest absolute Gasteiger partial charge is 0.327 e. The zero-order valence-electron chi connectivity index (χ0n) is 13.4. The first-order valence-corrected chi connectivity index (χ1v) is 7.96. The molecule has 3 fully saturated rings. The quantitative estimate of drug-likeness (QED) is 0.837. The fourth-order valence-electron chi connectivity index (χ4n) is 3.43. The van der Waals surface area contributed by atoms with E-state index in [1.54, 1.807) is 12.3 Å². The SMILES string of the molecule is COC(=O)Cn1nc(-c2ccc(NC34CC(C3)C4)nc2)ccc1=O. The van der Waals surface area contributed by atoms with E-state index in [1.165, 1.54) is 32.4 Å². The Balaban J connectivity index is 1.53. The minimum Gasteiger partial charge on any atom is -0.468 e. The molecule has 0 aromatic carbocycles. The fourth-order valence-corrected chi connectivity index (χ4v) is 3.43. The number of anilines is 1. The highest BCUT2D eigenvalue weighted by atomic mass is 16.5. The molecule has 3 aliphatic carbocycles. The molecule has 7 nitrogen and oxygen atoms in total. The van der Waals surface area contributed by atoms with E-state index in [1.807, 2.05) is 12.1 Å². The summed E-state index contributed by atoms with van der Waals surface area (Å²) in [5.74, 6) is 1.26. The lowest BCUT2D eigenvalue weighted by atomic mass is 9.50. The van der Waals surface area contributed by atoms with Gasteiger partial charge in [0.05, 0.1) is 12.8 Å². The molecule has 0 radical (unpaired) electrons. The highest BCUT2D eigenvalue weighted by Gasteiger charge is 2.56. The van der Waals surface area contributed by atoms with Crippen LogP contribution < -0.4 is 10.9 Å². The van der Waals surface area contributed by atoms with Crippen LogP contribution in [0.5, 0.6) is 0 Å². The molecule has 7 heteroatoms. The van der Waals surface area contributed by atoms with Gasteiger partial charge in [-0.05, 0) is 43.4 Å². The Morgan fingerprint density at radius 2 is 2.12 bits per heavy atom. The van der Waals surface area contributed by atoms with Crippen molar-refractivity contribution in [3.63, 3.8) is 0 Å². The maximum absolute atomic E-state index is 11.8. The molecular weight excluding hydrogens is 308 g/mol.